The quantitative estimate of drug-likeness (QED) is 0.770. The number of rotatable bonds is 7. The average molecular weight is 358 g/mol. The van der Waals surface area contributed by atoms with Gasteiger partial charge >= 0.3 is 0 Å². The highest BCUT2D eigenvalue weighted by Gasteiger charge is 2.35. The summed E-state index contributed by atoms with van der Waals surface area (Å²) in [6, 6.07) is 10.2. The van der Waals surface area contributed by atoms with Crippen LogP contribution < -0.4 is 5.32 Å². The molecule has 1 N–H and O–H groups in total. The van der Waals surface area contributed by atoms with Crippen LogP contribution >= 0.6 is 11.8 Å². The lowest BCUT2D eigenvalue weighted by Gasteiger charge is -2.21. The molecule has 1 aliphatic rings. The number of ether oxygens (including phenoxy) is 1. The van der Waals surface area contributed by atoms with Crippen LogP contribution in [-0.2, 0) is 16.1 Å². The highest BCUT2D eigenvalue weighted by molar-refractivity contribution is 7.99. The molecule has 1 saturated carbocycles. The number of nitriles is 1. The number of methoxy groups -OCH3 is 1. The Bertz CT molecular complexity index is 790. The number of fused-ring (bicyclic) bond motifs is 1. The van der Waals surface area contributed by atoms with E-state index in [1.165, 1.54) is 11.8 Å². The molecule has 3 rings (SSSR count). The number of thioether (sulfide) groups is 1. The topological polar surface area (TPSA) is 79.9 Å². The van der Waals surface area contributed by atoms with Gasteiger partial charge in [-0.1, -0.05) is 23.9 Å². The average Bonchev–Trinajstić information content (AvgIpc) is 3.23. The van der Waals surface area contributed by atoms with Gasteiger partial charge in [-0.15, -0.1) is 0 Å². The molecule has 0 spiro atoms. The normalized spacial score (nSPS) is 16.0. The molecule has 0 radical (unpaired) electrons. The first kappa shape index (κ1) is 17.8. The molecule has 7 heteroatoms. The Morgan fingerprint density at radius 1 is 1.44 bits per heavy atom. The summed E-state index contributed by atoms with van der Waals surface area (Å²) in [6.45, 7) is 1.26. The van der Waals surface area contributed by atoms with Crippen molar-refractivity contribution >= 4 is 28.7 Å². The molecule has 1 aromatic heterocycles. The van der Waals surface area contributed by atoms with Crippen LogP contribution in [0.5, 0.6) is 0 Å². The zero-order valence-corrected chi connectivity index (χ0v) is 15.1. The first-order valence-corrected chi connectivity index (χ1v) is 9.45. The van der Waals surface area contributed by atoms with Gasteiger partial charge in [0, 0.05) is 13.7 Å². The van der Waals surface area contributed by atoms with Crippen molar-refractivity contribution in [2.45, 2.75) is 42.9 Å². The standard InChI is InChI=1S/C18H22N4O2S/c1-24-11-10-22-15-7-3-2-6-14(15)20-17(22)25-12-16(23)21-18(13-19)8-4-5-9-18/h2-3,6-7H,4-5,8-12H2,1H3,(H,21,23). The van der Waals surface area contributed by atoms with Crippen LogP contribution in [0.1, 0.15) is 25.7 Å². The van der Waals surface area contributed by atoms with Crippen molar-refractivity contribution < 1.29 is 9.53 Å². The van der Waals surface area contributed by atoms with Gasteiger partial charge in [-0.05, 0) is 37.8 Å². The first-order chi connectivity index (χ1) is 12.2. The first-order valence-electron chi connectivity index (χ1n) is 8.47. The molecule has 2 aromatic rings. The lowest BCUT2D eigenvalue weighted by molar-refractivity contribution is -0.119. The number of aromatic nitrogens is 2. The van der Waals surface area contributed by atoms with Crippen LogP contribution in [0, 0.1) is 11.3 Å². The van der Waals surface area contributed by atoms with E-state index >= 15 is 0 Å². The Kier molecular flexibility index (Phi) is 5.61. The molecule has 1 amide bonds. The molecule has 0 atom stereocenters. The van der Waals surface area contributed by atoms with Crippen LogP contribution in [-0.4, -0.2) is 40.5 Å². The molecule has 0 bridgehead atoms. The maximum atomic E-state index is 12.3. The fraction of sp³-hybridized carbons (Fsp3) is 0.500. The van der Waals surface area contributed by atoms with E-state index in [2.05, 4.69) is 20.9 Å². The third kappa shape index (κ3) is 3.97. The van der Waals surface area contributed by atoms with E-state index in [-0.39, 0.29) is 11.7 Å². The minimum atomic E-state index is -0.673. The van der Waals surface area contributed by atoms with Gasteiger partial charge in [0.15, 0.2) is 5.16 Å². The van der Waals surface area contributed by atoms with Gasteiger partial charge in [0.05, 0.1) is 29.5 Å². The zero-order chi connectivity index (χ0) is 17.7. The number of benzene rings is 1. The van der Waals surface area contributed by atoms with Gasteiger partial charge in [0.25, 0.3) is 0 Å². The molecule has 1 aromatic carbocycles. The molecule has 6 nitrogen and oxygen atoms in total. The maximum Gasteiger partial charge on any atom is 0.231 e. The predicted molar refractivity (Wildman–Crippen MR) is 97.3 cm³/mol. The van der Waals surface area contributed by atoms with Crippen LogP contribution in [0.2, 0.25) is 0 Å². The van der Waals surface area contributed by atoms with Crippen molar-refractivity contribution in [3.63, 3.8) is 0 Å². The van der Waals surface area contributed by atoms with Crippen LogP contribution in [0.3, 0.4) is 0 Å². The minimum absolute atomic E-state index is 0.112. The molecule has 25 heavy (non-hydrogen) atoms. The second kappa shape index (κ2) is 7.89. The maximum absolute atomic E-state index is 12.3. The molecule has 132 valence electrons. The van der Waals surface area contributed by atoms with Crippen LogP contribution in [0.25, 0.3) is 11.0 Å². The lowest BCUT2D eigenvalue weighted by atomic mass is 10.0. The highest BCUT2D eigenvalue weighted by atomic mass is 32.2. The van der Waals surface area contributed by atoms with Gasteiger partial charge in [0.2, 0.25) is 5.91 Å². The van der Waals surface area contributed by atoms with Crippen molar-refractivity contribution in [3.8, 4) is 6.07 Å². The van der Waals surface area contributed by atoms with E-state index in [4.69, 9.17) is 4.74 Å². The minimum Gasteiger partial charge on any atom is -0.383 e. The zero-order valence-electron chi connectivity index (χ0n) is 14.3. The van der Waals surface area contributed by atoms with Crippen molar-refractivity contribution in [2.24, 2.45) is 0 Å². The number of nitrogens with zero attached hydrogens (tertiary/aromatic N) is 3. The van der Waals surface area contributed by atoms with E-state index < -0.39 is 5.54 Å². The van der Waals surface area contributed by atoms with Gasteiger partial charge in [-0.25, -0.2) is 4.98 Å². The number of carbonyl (C=O) groups is 1. The van der Waals surface area contributed by atoms with Crippen LogP contribution in [0.15, 0.2) is 29.4 Å². The van der Waals surface area contributed by atoms with Gasteiger partial charge in [0.1, 0.15) is 5.54 Å². The van der Waals surface area contributed by atoms with Crippen LogP contribution in [0.4, 0.5) is 0 Å². The molecular formula is C18H22N4O2S. The Morgan fingerprint density at radius 3 is 2.92 bits per heavy atom. The number of nitrogens with one attached hydrogen (secondary N) is 1. The number of hydrogen-bond acceptors (Lipinski definition) is 5. The Morgan fingerprint density at radius 2 is 2.20 bits per heavy atom. The molecular weight excluding hydrogens is 336 g/mol. The monoisotopic (exact) mass is 358 g/mol. The second-order valence-electron chi connectivity index (χ2n) is 6.27. The highest BCUT2D eigenvalue weighted by Crippen LogP contribution is 2.29. The van der Waals surface area contributed by atoms with Crippen molar-refractivity contribution in [2.75, 3.05) is 19.5 Å². The van der Waals surface area contributed by atoms with Crippen molar-refractivity contribution in [3.05, 3.63) is 24.3 Å². The molecule has 1 fully saturated rings. The summed E-state index contributed by atoms with van der Waals surface area (Å²) >= 11 is 1.40. The summed E-state index contributed by atoms with van der Waals surface area (Å²) < 4.78 is 7.26. The van der Waals surface area contributed by atoms with Gasteiger partial charge in [-0.2, -0.15) is 5.26 Å². The Labute approximate surface area is 151 Å². The molecule has 0 saturated heterocycles. The summed E-state index contributed by atoms with van der Waals surface area (Å²) in [6.07, 6.45) is 3.47. The summed E-state index contributed by atoms with van der Waals surface area (Å²) in [5.74, 6) is 0.138. The summed E-state index contributed by atoms with van der Waals surface area (Å²) in [4.78, 5) is 17.0. The number of carbonyl (C=O) groups excluding carboxylic acids is 1. The molecule has 1 heterocycles. The number of para-hydroxylation sites is 2. The number of hydrogen-bond donors (Lipinski definition) is 1. The van der Waals surface area contributed by atoms with Crippen molar-refractivity contribution in [1.82, 2.24) is 14.9 Å². The molecule has 0 aliphatic heterocycles. The van der Waals surface area contributed by atoms with E-state index in [0.717, 1.165) is 41.9 Å². The fourth-order valence-electron chi connectivity index (χ4n) is 3.24. The third-order valence-electron chi connectivity index (χ3n) is 4.52. The molecule has 1 aliphatic carbocycles. The fourth-order valence-corrected chi connectivity index (χ4v) is 4.08. The van der Waals surface area contributed by atoms with E-state index in [0.29, 0.717) is 13.2 Å². The third-order valence-corrected chi connectivity index (χ3v) is 5.50. The lowest BCUT2D eigenvalue weighted by Crippen LogP contribution is -2.45. The SMILES string of the molecule is COCCn1c(SCC(=O)NC2(C#N)CCCC2)nc2ccccc21. The van der Waals surface area contributed by atoms with Gasteiger partial charge < -0.3 is 14.6 Å². The Hall–Kier alpha value is -2.04. The summed E-state index contributed by atoms with van der Waals surface area (Å²) in [5, 5.41) is 13.1. The summed E-state index contributed by atoms with van der Waals surface area (Å²) in [7, 11) is 1.67. The Balaban J connectivity index is 1.70. The van der Waals surface area contributed by atoms with E-state index in [1.54, 1.807) is 7.11 Å². The van der Waals surface area contributed by atoms with E-state index in [1.807, 2.05) is 24.3 Å². The van der Waals surface area contributed by atoms with Crippen molar-refractivity contribution in [1.29, 1.82) is 5.26 Å². The molecule has 0 unspecified atom stereocenters. The smallest absolute Gasteiger partial charge is 0.231 e. The number of amides is 1. The number of imidazole rings is 1. The van der Waals surface area contributed by atoms with E-state index in [9.17, 15) is 10.1 Å². The van der Waals surface area contributed by atoms with Gasteiger partial charge in [-0.3, -0.25) is 4.79 Å². The predicted octanol–water partition coefficient (Wildman–Crippen LogP) is 2.73. The largest absolute Gasteiger partial charge is 0.383 e. The second-order valence-corrected chi connectivity index (χ2v) is 7.21. The summed E-state index contributed by atoms with van der Waals surface area (Å²) in [5.41, 5.74) is 1.27.